The topological polar surface area (TPSA) is 42.0 Å². The van der Waals surface area contributed by atoms with Crippen LogP contribution in [0.4, 0.5) is 19.0 Å². The fourth-order valence-electron chi connectivity index (χ4n) is 0.867. The van der Waals surface area contributed by atoms with E-state index in [2.05, 4.69) is 10.3 Å². The van der Waals surface area contributed by atoms with Gasteiger partial charge < -0.3 is 5.32 Å². The maximum atomic E-state index is 12.1. The predicted molar refractivity (Wildman–Crippen MR) is 48.2 cm³/mol. The predicted octanol–water partition coefficient (Wildman–Crippen LogP) is 2.45. The molecule has 82 valence electrons. The molecule has 6 heteroatoms. The first-order chi connectivity index (χ1) is 6.93. The summed E-state index contributed by atoms with van der Waals surface area (Å²) in [7, 11) is 0. The summed E-state index contributed by atoms with van der Waals surface area (Å²) in [4.78, 5) is 14.4. The molecule has 0 aliphatic heterocycles. The SMILES string of the molecule is CCC(=O)Nc1ccc(C(F)(F)F)cn1. The van der Waals surface area contributed by atoms with Crippen LogP contribution >= 0.6 is 0 Å². The van der Waals surface area contributed by atoms with E-state index in [4.69, 9.17) is 0 Å². The summed E-state index contributed by atoms with van der Waals surface area (Å²) in [6.45, 7) is 1.64. The van der Waals surface area contributed by atoms with Gasteiger partial charge in [-0.3, -0.25) is 4.79 Å². The second kappa shape index (κ2) is 4.29. The summed E-state index contributed by atoms with van der Waals surface area (Å²) in [5.74, 6) is -0.169. The molecule has 1 heterocycles. The molecule has 0 fully saturated rings. The molecule has 1 aromatic rings. The Morgan fingerprint density at radius 3 is 2.53 bits per heavy atom. The average Bonchev–Trinajstić information content (AvgIpc) is 2.17. The average molecular weight is 218 g/mol. The van der Waals surface area contributed by atoms with Gasteiger partial charge in [0.15, 0.2) is 0 Å². The summed E-state index contributed by atoms with van der Waals surface area (Å²) in [6, 6.07) is 1.99. The first-order valence-corrected chi connectivity index (χ1v) is 4.26. The highest BCUT2D eigenvalue weighted by molar-refractivity contribution is 5.89. The minimum absolute atomic E-state index is 0.120. The molecule has 15 heavy (non-hydrogen) atoms. The third-order valence-electron chi connectivity index (χ3n) is 1.68. The number of alkyl halides is 3. The summed E-state index contributed by atoms with van der Waals surface area (Å²) < 4.78 is 36.4. The molecule has 0 bridgehead atoms. The van der Waals surface area contributed by atoms with Gasteiger partial charge in [-0.15, -0.1) is 0 Å². The molecule has 3 nitrogen and oxygen atoms in total. The number of rotatable bonds is 2. The molecule has 0 aliphatic carbocycles. The van der Waals surface area contributed by atoms with Crippen LogP contribution in [0.5, 0.6) is 0 Å². The highest BCUT2D eigenvalue weighted by Gasteiger charge is 2.30. The van der Waals surface area contributed by atoms with E-state index in [-0.39, 0.29) is 18.1 Å². The number of amides is 1. The van der Waals surface area contributed by atoms with Crippen LogP contribution < -0.4 is 5.32 Å². The normalized spacial score (nSPS) is 11.2. The van der Waals surface area contributed by atoms with E-state index in [1.807, 2.05) is 0 Å². The van der Waals surface area contributed by atoms with E-state index in [0.29, 0.717) is 6.20 Å². The Labute approximate surface area is 84.3 Å². The van der Waals surface area contributed by atoms with Crippen LogP contribution in [-0.4, -0.2) is 10.9 Å². The number of hydrogen-bond acceptors (Lipinski definition) is 2. The van der Waals surface area contributed by atoms with Crippen LogP contribution in [0, 0.1) is 0 Å². The Kier molecular flexibility index (Phi) is 3.28. The lowest BCUT2D eigenvalue weighted by Crippen LogP contribution is -2.12. The number of nitrogens with zero attached hydrogens (tertiary/aromatic N) is 1. The van der Waals surface area contributed by atoms with Gasteiger partial charge in [-0.2, -0.15) is 13.2 Å². The van der Waals surface area contributed by atoms with Gasteiger partial charge in [0.05, 0.1) is 5.56 Å². The summed E-state index contributed by atoms with van der Waals surface area (Å²) >= 11 is 0. The molecular weight excluding hydrogens is 209 g/mol. The van der Waals surface area contributed by atoms with Gasteiger partial charge in [0.2, 0.25) is 5.91 Å². The number of pyridine rings is 1. The number of aromatic nitrogens is 1. The smallest absolute Gasteiger partial charge is 0.311 e. The number of hydrogen-bond donors (Lipinski definition) is 1. The molecule has 0 aromatic carbocycles. The van der Waals surface area contributed by atoms with E-state index in [1.165, 1.54) is 0 Å². The summed E-state index contributed by atoms with van der Waals surface area (Å²) in [6.07, 6.45) is -3.46. The number of carbonyl (C=O) groups excluding carboxylic acids is 1. The van der Waals surface area contributed by atoms with Crippen LogP contribution in [-0.2, 0) is 11.0 Å². The monoisotopic (exact) mass is 218 g/mol. The molecule has 0 unspecified atom stereocenters. The van der Waals surface area contributed by atoms with Crippen molar-refractivity contribution >= 4 is 11.7 Å². The summed E-state index contributed by atoms with van der Waals surface area (Å²) in [5.41, 5.74) is -0.836. The highest BCUT2D eigenvalue weighted by atomic mass is 19.4. The zero-order valence-corrected chi connectivity index (χ0v) is 7.93. The van der Waals surface area contributed by atoms with Crippen molar-refractivity contribution in [2.24, 2.45) is 0 Å². The minimum atomic E-state index is -4.40. The molecule has 1 N–H and O–H groups in total. The van der Waals surface area contributed by atoms with Crippen LogP contribution in [0.1, 0.15) is 18.9 Å². The Bertz CT molecular complexity index is 345. The van der Waals surface area contributed by atoms with Gasteiger partial charge in [0.1, 0.15) is 5.82 Å². The second-order valence-electron chi connectivity index (χ2n) is 2.83. The zero-order chi connectivity index (χ0) is 11.5. The van der Waals surface area contributed by atoms with E-state index < -0.39 is 11.7 Å². The van der Waals surface area contributed by atoms with Crippen molar-refractivity contribution < 1.29 is 18.0 Å². The quantitative estimate of drug-likeness (QED) is 0.828. The molecule has 0 saturated heterocycles. The number of halogens is 3. The lowest BCUT2D eigenvalue weighted by Gasteiger charge is -2.07. The van der Waals surface area contributed by atoms with Crippen molar-refractivity contribution in [1.29, 1.82) is 0 Å². The lowest BCUT2D eigenvalue weighted by atomic mass is 10.3. The maximum Gasteiger partial charge on any atom is 0.417 e. The third-order valence-corrected chi connectivity index (χ3v) is 1.68. The largest absolute Gasteiger partial charge is 0.417 e. The van der Waals surface area contributed by atoms with Crippen LogP contribution in [0.2, 0.25) is 0 Å². The minimum Gasteiger partial charge on any atom is -0.311 e. The number of anilines is 1. The molecule has 0 aliphatic rings. The van der Waals surface area contributed by atoms with Crippen LogP contribution in [0.25, 0.3) is 0 Å². The van der Waals surface area contributed by atoms with Crippen LogP contribution in [0.3, 0.4) is 0 Å². The van der Waals surface area contributed by atoms with E-state index in [1.54, 1.807) is 6.92 Å². The van der Waals surface area contributed by atoms with Gasteiger partial charge in [-0.1, -0.05) is 6.92 Å². The van der Waals surface area contributed by atoms with Crippen molar-refractivity contribution in [3.05, 3.63) is 23.9 Å². The van der Waals surface area contributed by atoms with Crippen molar-refractivity contribution in [2.75, 3.05) is 5.32 Å². The standard InChI is InChI=1S/C9H9F3N2O/c1-2-8(15)14-7-4-3-6(5-13-7)9(10,11)12/h3-5H,2H2,1H3,(H,13,14,15). The first kappa shape index (κ1) is 11.5. The third kappa shape index (κ3) is 3.23. The fraction of sp³-hybridized carbons (Fsp3) is 0.333. The number of nitrogens with one attached hydrogen (secondary N) is 1. The molecule has 1 aromatic heterocycles. The molecule has 0 saturated carbocycles. The van der Waals surface area contributed by atoms with E-state index in [0.717, 1.165) is 12.1 Å². The van der Waals surface area contributed by atoms with Gasteiger partial charge in [-0.05, 0) is 12.1 Å². The van der Waals surface area contributed by atoms with Crippen molar-refractivity contribution in [3.63, 3.8) is 0 Å². The molecule has 1 rings (SSSR count). The molecule has 0 radical (unpaired) electrons. The molecule has 0 atom stereocenters. The fourth-order valence-corrected chi connectivity index (χ4v) is 0.867. The first-order valence-electron chi connectivity index (χ1n) is 4.26. The van der Waals surface area contributed by atoms with Gasteiger partial charge in [0.25, 0.3) is 0 Å². The Morgan fingerprint density at radius 2 is 2.13 bits per heavy atom. The maximum absolute atomic E-state index is 12.1. The number of carbonyl (C=O) groups is 1. The molecule has 0 spiro atoms. The van der Waals surface area contributed by atoms with E-state index in [9.17, 15) is 18.0 Å². The second-order valence-corrected chi connectivity index (χ2v) is 2.83. The molecular formula is C9H9F3N2O. The van der Waals surface area contributed by atoms with Crippen molar-refractivity contribution in [1.82, 2.24) is 4.98 Å². The van der Waals surface area contributed by atoms with Gasteiger partial charge in [-0.25, -0.2) is 4.98 Å². The van der Waals surface area contributed by atoms with E-state index >= 15 is 0 Å². The zero-order valence-electron chi connectivity index (χ0n) is 7.93. The van der Waals surface area contributed by atoms with Gasteiger partial charge in [0, 0.05) is 12.6 Å². The summed E-state index contributed by atoms with van der Waals surface area (Å²) in [5, 5.41) is 2.35. The lowest BCUT2D eigenvalue weighted by molar-refractivity contribution is -0.137. The Balaban J connectivity index is 2.77. The molecule has 1 amide bonds. The van der Waals surface area contributed by atoms with Crippen molar-refractivity contribution in [3.8, 4) is 0 Å². The van der Waals surface area contributed by atoms with Crippen molar-refractivity contribution in [2.45, 2.75) is 19.5 Å². The van der Waals surface area contributed by atoms with Crippen LogP contribution in [0.15, 0.2) is 18.3 Å². The highest BCUT2D eigenvalue weighted by Crippen LogP contribution is 2.28. The Hall–Kier alpha value is -1.59. The van der Waals surface area contributed by atoms with Gasteiger partial charge >= 0.3 is 6.18 Å². The Morgan fingerprint density at radius 1 is 1.47 bits per heavy atom.